The number of rotatable bonds is 6. The van der Waals surface area contributed by atoms with Crippen molar-refractivity contribution in [2.24, 2.45) is 5.92 Å². The molecule has 0 spiro atoms. The smallest absolute Gasteiger partial charge is 0.0591 e. The number of hydrogen-bond donors (Lipinski definition) is 1. The summed E-state index contributed by atoms with van der Waals surface area (Å²) in [5.41, 5.74) is 0. The van der Waals surface area contributed by atoms with E-state index in [1.54, 1.807) is 0 Å². The van der Waals surface area contributed by atoms with Gasteiger partial charge in [-0.3, -0.25) is 0 Å². The Morgan fingerprint density at radius 2 is 1.88 bits per heavy atom. The highest BCUT2D eigenvalue weighted by Gasteiger charge is 2.15. The minimum atomic E-state index is 0.646. The Labute approximate surface area is 105 Å². The summed E-state index contributed by atoms with van der Waals surface area (Å²) in [6.45, 7) is 4.57. The lowest BCUT2D eigenvalue weighted by molar-refractivity contribution is 0.0898. The molecule has 0 amide bonds. The first-order valence-electron chi connectivity index (χ1n) is 7.34. The highest BCUT2D eigenvalue weighted by molar-refractivity contribution is 4.70. The molecule has 2 aliphatic rings. The van der Waals surface area contributed by atoms with E-state index in [4.69, 9.17) is 9.47 Å². The number of nitrogens with one attached hydrogen (secondary N) is 1. The van der Waals surface area contributed by atoms with Crippen LogP contribution in [0.3, 0.4) is 0 Å². The van der Waals surface area contributed by atoms with Crippen molar-refractivity contribution in [1.82, 2.24) is 5.32 Å². The van der Waals surface area contributed by atoms with E-state index in [1.165, 1.54) is 44.9 Å². The summed E-state index contributed by atoms with van der Waals surface area (Å²) >= 11 is 0. The molecule has 0 aromatic carbocycles. The van der Waals surface area contributed by atoms with E-state index in [9.17, 15) is 0 Å². The van der Waals surface area contributed by atoms with E-state index in [2.05, 4.69) is 5.32 Å². The molecular weight excluding hydrogens is 214 g/mol. The Balaban J connectivity index is 1.44. The van der Waals surface area contributed by atoms with Crippen molar-refractivity contribution < 1.29 is 9.47 Å². The predicted octanol–water partition coefficient (Wildman–Crippen LogP) is 2.35. The molecule has 1 unspecified atom stereocenters. The second-order valence-corrected chi connectivity index (χ2v) is 5.45. The third-order valence-electron chi connectivity index (χ3n) is 3.91. The third-order valence-corrected chi connectivity index (χ3v) is 3.91. The Bertz CT molecular complexity index is 185. The maximum Gasteiger partial charge on any atom is 0.0591 e. The maximum atomic E-state index is 5.70. The summed E-state index contributed by atoms with van der Waals surface area (Å²) in [4.78, 5) is 0. The lowest BCUT2D eigenvalue weighted by Crippen LogP contribution is -2.31. The second kappa shape index (κ2) is 8.06. The fourth-order valence-electron chi connectivity index (χ4n) is 2.78. The molecule has 1 saturated heterocycles. The van der Waals surface area contributed by atoms with E-state index in [-0.39, 0.29) is 0 Å². The van der Waals surface area contributed by atoms with Gasteiger partial charge >= 0.3 is 0 Å². The first-order chi connectivity index (χ1) is 8.45. The number of ether oxygens (including phenoxy) is 2. The van der Waals surface area contributed by atoms with Crippen LogP contribution in [0.2, 0.25) is 0 Å². The molecule has 0 aromatic rings. The van der Waals surface area contributed by atoms with Crippen LogP contribution in [0.15, 0.2) is 0 Å². The van der Waals surface area contributed by atoms with Gasteiger partial charge in [-0.25, -0.2) is 0 Å². The molecule has 1 atom stereocenters. The van der Waals surface area contributed by atoms with Crippen LogP contribution >= 0.6 is 0 Å². The minimum Gasteiger partial charge on any atom is -0.381 e. The van der Waals surface area contributed by atoms with Gasteiger partial charge in [0.2, 0.25) is 0 Å². The third kappa shape index (κ3) is 5.36. The second-order valence-electron chi connectivity index (χ2n) is 5.45. The molecule has 2 fully saturated rings. The number of hydrogen-bond acceptors (Lipinski definition) is 3. The van der Waals surface area contributed by atoms with Crippen LogP contribution < -0.4 is 5.32 Å². The molecule has 1 saturated carbocycles. The standard InChI is InChI=1S/C14H27NO2/c1-2-4-6-14(5-3-1)15-8-10-17-12-13-7-9-16-11-13/h13-15H,1-12H2. The molecule has 2 rings (SSSR count). The van der Waals surface area contributed by atoms with E-state index in [0.29, 0.717) is 5.92 Å². The van der Waals surface area contributed by atoms with Crippen LogP contribution in [-0.2, 0) is 9.47 Å². The largest absolute Gasteiger partial charge is 0.381 e. The summed E-state index contributed by atoms with van der Waals surface area (Å²) in [5.74, 6) is 0.646. The first kappa shape index (κ1) is 13.3. The minimum absolute atomic E-state index is 0.646. The lowest BCUT2D eigenvalue weighted by atomic mass is 10.1. The molecule has 100 valence electrons. The molecule has 1 heterocycles. The Hall–Kier alpha value is -0.120. The Kier molecular flexibility index (Phi) is 6.32. The van der Waals surface area contributed by atoms with Crippen LogP contribution in [0.1, 0.15) is 44.9 Å². The van der Waals surface area contributed by atoms with Gasteiger partial charge in [0.1, 0.15) is 0 Å². The maximum absolute atomic E-state index is 5.70. The van der Waals surface area contributed by atoms with Gasteiger partial charge in [0.25, 0.3) is 0 Å². The first-order valence-corrected chi connectivity index (χ1v) is 7.34. The topological polar surface area (TPSA) is 30.5 Å². The molecule has 0 bridgehead atoms. The van der Waals surface area contributed by atoms with Crippen LogP contribution in [0, 0.1) is 5.92 Å². The van der Waals surface area contributed by atoms with Crippen molar-refractivity contribution >= 4 is 0 Å². The monoisotopic (exact) mass is 241 g/mol. The molecule has 0 radical (unpaired) electrons. The highest BCUT2D eigenvalue weighted by atomic mass is 16.5. The van der Waals surface area contributed by atoms with Crippen molar-refractivity contribution in [3.05, 3.63) is 0 Å². The van der Waals surface area contributed by atoms with Gasteiger partial charge in [0.15, 0.2) is 0 Å². The summed E-state index contributed by atoms with van der Waals surface area (Å²) < 4.78 is 11.0. The molecule has 0 aromatic heterocycles. The molecular formula is C14H27NO2. The summed E-state index contributed by atoms with van der Waals surface area (Å²) in [7, 11) is 0. The SMILES string of the molecule is C1CCCC(NCCOCC2CCOC2)CC1. The van der Waals surface area contributed by atoms with Gasteiger partial charge in [-0.1, -0.05) is 25.7 Å². The zero-order valence-corrected chi connectivity index (χ0v) is 11.0. The molecule has 1 N–H and O–H groups in total. The van der Waals surface area contributed by atoms with E-state index in [0.717, 1.165) is 39.0 Å². The van der Waals surface area contributed by atoms with Crippen molar-refractivity contribution in [2.75, 3.05) is 33.0 Å². The van der Waals surface area contributed by atoms with E-state index >= 15 is 0 Å². The van der Waals surface area contributed by atoms with Gasteiger partial charge in [-0.2, -0.15) is 0 Å². The fourth-order valence-corrected chi connectivity index (χ4v) is 2.78. The van der Waals surface area contributed by atoms with Gasteiger partial charge < -0.3 is 14.8 Å². The van der Waals surface area contributed by atoms with Crippen molar-refractivity contribution in [3.8, 4) is 0 Å². The highest BCUT2D eigenvalue weighted by Crippen LogP contribution is 2.17. The normalized spacial score (nSPS) is 27.2. The Morgan fingerprint density at radius 3 is 2.59 bits per heavy atom. The summed E-state index contributed by atoms with van der Waals surface area (Å²) in [5, 5.41) is 3.63. The van der Waals surface area contributed by atoms with Crippen LogP contribution in [-0.4, -0.2) is 39.0 Å². The van der Waals surface area contributed by atoms with Gasteiger partial charge in [0.05, 0.1) is 19.8 Å². The molecule has 3 heteroatoms. The van der Waals surface area contributed by atoms with Crippen molar-refractivity contribution in [1.29, 1.82) is 0 Å². The van der Waals surface area contributed by atoms with Crippen molar-refractivity contribution in [2.45, 2.75) is 51.0 Å². The van der Waals surface area contributed by atoms with E-state index in [1.807, 2.05) is 0 Å². The van der Waals surface area contributed by atoms with Crippen LogP contribution in [0.25, 0.3) is 0 Å². The van der Waals surface area contributed by atoms with Crippen LogP contribution in [0.4, 0.5) is 0 Å². The van der Waals surface area contributed by atoms with Gasteiger partial charge in [-0.15, -0.1) is 0 Å². The quantitative estimate of drug-likeness (QED) is 0.572. The summed E-state index contributed by atoms with van der Waals surface area (Å²) in [6.07, 6.45) is 9.55. The fraction of sp³-hybridized carbons (Fsp3) is 1.00. The lowest BCUT2D eigenvalue weighted by Gasteiger charge is -2.16. The van der Waals surface area contributed by atoms with Gasteiger partial charge in [0, 0.05) is 25.1 Å². The molecule has 1 aliphatic carbocycles. The molecule has 3 nitrogen and oxygen atoms in total. The zero-order chi connectivity index (χ0) is 11.8. The Morgan fingerprint density at radius 1 is 1.06 bits per heavy atom. The van der Waals surface area contributed by atoms with Crippen LogP contribution in [0.5, 0.6) is 0 Å². The average Bonchev–Trinajstić information content (AvgIpc) is 2.72. The average molecular weight is 241 g/mol. The predicted molar refractivity (Wildman–Crippen MR) is 69.2 cm³/mol. The zero-order valence-electron chi connectivity index (χ0n) is 11.0. The van der Waals surface area contributed by atoms with Gasteiger partial charge in [-0.05, 0) is 19.3 Å². The van der Waals surface area contributed by atoms with E-state index < -0.39 is 0 Å². The molecule has 1 aliphatic heterocycles. The summed E-state index contributed by atoms with van der Waals surface area (Å²) in [6, 6.07) is 0.746. The molecule has 17 heavy (non-hydrogen) atoms. The van der Waals surface area contributed by atoms with Crippen molar-refractivity contribution in [3.63, 3.8) is 0 Å².